The van der Waals surface area contributed by atoms with Gasteiger partial charge in [0.1, 0.15) is 0 Å². The summed E-state index contributed by atoms with van der Waals surface area (Å²) in [6, 6.07) is 6.57. The van der Waals surface area contributed by atoms with Crippen molar-refractivity contribution < 1.29 is 14.3 Å². The molecule has 2 amide bonds. The number of ether oxygens (including phenoxy) is 1. The van der Waals surface area contributed by atoms with E-state index < -0.39 is 0 Å². The first kappa shape index (κ1) is 17.5. The molecule has 2 N–H and O–H groups in total. The van der Waals surface area contributed by atoms with Gasteiger partial charge in [-0.05, 0) is 38.5 Å². The van der Waals surface area contributed by atoms with E-state index in [1.165, 1.54) is 0 Å². The zero-order chi connectivity index (χ0) is 15.7. The van der Waals surface area contributed by atoms with Gasteiger partial charge in [-0.25, -0.2) is 0 Å². The molecule has 0 saturated carbocycles. The van der Waals surface area contributed by atoms with Crippen molar-refractivity contribution in [3.05, 3.63) is 34.9 Å². The largest absolute Gasteiger partial charge is 0.379 e. The molecule has 0 bridgehead atoms. The van der Waals surface area contributed by atoms with Crippen molar-refractivity contribution in [2.45, 2.75) is 26.4 Å². The van der Waals surface area contributed by atoms with Crippen LogP contribution in [0.1, 0.15) is 30.6 Å². The van der Waals surface area contributed by atoms with E-state index in [-0.39, 0.29) is 24.5 Å². The summed E-state index contributed by atoms with van der Waals surface area (Å²) >= 11 is 5.80. The van der Waals surface area contributed by atoms with Crippen LogP contribution in [0.2, 0.25) is 5.02 Å². The maximum absolute atomic E-state index is 11.8. The molecule has 0 radical (unpaired) electrons. The SMILES string of the molecule is CC(C)OCCCNC(=O)CNC(=O)c1cccc(Cl)c1. The molecule has 1 aromatic rings. The molecule has 0 saturated heterocycles. The lowest BCUT2D eigenvalue weighted by molar-refractivity contribution is -0.120. The number of hydrogen-bond acceptors (Lipinski definition) is 3. The van der Waals surface area contributed by atoms with Gasteiger partial charge in [0.25, 0.3) is 5.91 Å². The van der Waals surface area contributed by atoms with E-state index >= 15 is 0 Å². The van der Waals surface area contributed by atoms with Crippen LogP contribution in [0.4, 0.5) is 0 Å². The smallest absolute Gasteiger partial charge is 0.251 e. The van der Waals surface area contributed by atoms with Crippen LogP contribution < -0.4 is 10.6 Å². The van der Waals surface area contributed by atoms with Gasteiger partial charge in [-0.1, -0.05) is 17.7 Å². The molecule has 0 aliphatic heterocycles. The molecule has 0 heterocycles. The van der Waals surface area contributed by atoms with Crippen LogP contribution in [0.3, 0.4) is 0 Å². The van der Waals surface area contributed by atoms with Crippen LogP contribution in [0.25, 0.3) is 0 Å². The fourth-order valence-electron chi connectivity index (χ4n) is 1.57. The summed E-state index contributed by atoms with van der Waals surface area (Å²) < 4.78 is 5.36. The van der Waals surface area contributed by atoms with Gasteiger partial charge in [0, 0.05) is 23.7 Å². The van der Waals surface area contributed by atoms with Crippen LogP contribution in [0.5, 0.6) is 0 Å². The minimum atomic E-state index is -0.323. The van der Waals surface area contributed by atoms with Gasteiger partial charge in [0.05, 0.1) is 12.6 Å². The monoisotopic (exact) mass is 312 g/mol. The second-order valence-corrected chi connectivity index (χ2v) is 5.25. The van der Waals surface area contributed by atoms with Gasteiger partial charge in [0.15, 0.2) is 0 Å². The Hall–Kier alpha value is -1.59. The van der Waals surface area contributed by atoms with Crippen molar-refractivity contribution in [1.82, 2.24) is 10.6 Å². The summed E-state index contributed by atoms with van der Waals surface area (Å²) in [6.07, 6.45) is 0.935. The Morgan fingerprint density at radius 1 is 1.29 bits per heavy atom. The summed E-state index contributed by atoms with van der Waals surface area (Å²) in [5, 5.41) is 5.74. The van der Waals surface area contributed by atoms with Crippen LogP contribution in [-0.4, -0.2) is 37.6 Å². The van der Waals surface area contributed by atoms with Gasteiger partial charge in [0.2, 0.25) is 5.91 Å². The van der Waals surface area contributed by atoms with Gasteiger partial charge < -0.3 is 15.4 Å². The highest BCUT2D eigenvalue weighted by Crippen LogP contribution is 2.10. The summed E-state index contributed by atoms with van der Waals surface area (Å²) in [4.78, 5) is 23.3. The highest BCUT2D eigenvalue weighted by Gasteiger charge is 2.08. The second-order valence-electron chi connectivity index (χ2n) is 4.82. The maximum atomic E-state index is 11.8. The predicted octanol–water partition coefficient (Wildman–Crippen LogP) is 2.00. The minimum absolute atomic E-state index is 0.0591. The van der Waals surface area contributed by atoms with Crippen molar-refractivity contribution in [1.29, 1.82) is 0 Å². The quantitative estimate of drug-likeness (QED) is 0.722. The molecular formula is C15H21ClN2O3. The average Bonchev–Trinajstić information content (AvgIpc) is 2.44. The average molecular weight is 313 g/mol. The van der Waals surface area contributed by atoms with Crippen molar-refractivity contribution in [3.8, 4) is 0 Å². The lowest BCUT2D eigenvalue weighted by Gasteiger charge is -2.09. The Morgan fingerprint density at radius 2 is 2.05 bits per heavy atom. The van der Waals surface area contributed by atoms with E-state index in [0.29, 0.717) is 23.7 Å². The molecule has 1 aromatic carbocycles. The number of benzene rings is 1. The Labute approximate surface area is 130 Å². The fraction of sp³-hybridized carbons (Fsp3) is 0.467. The highest BCUT2D eigenvalue weighted by atomic mass is 35.5. The van der Waals surface area contributed by atoms with E-state index in [0.717, 1.165) is 6.42 Å². The minimum Gasteiger partial charge on any atom is -0.379 e. The summed E-state index contributed by atoms with van der Waals surface area (Å²) in [5.74, 6) is -0.550. The molecule has 0 atom stereocenters. The van der Waals surface area contributed by atoms with E-state index in [1.54, 1.807) is 24.3 Å². The normalized spacial score (nSPS) is 10.5. The van der Waals surface area contributed by atoms with Crippen LogP contribution in [0, 0.1) is 0 Å². The molecule has 0 aromatic heterocycles. The van der Waals surface area contributed by atoms with Crippen LogP contribution >= 0.6 is 11.6 Å². The number of hydrogen-bond donors (Lipinski definition) is 2. The Balaban J connectivity index is 2.19. The van der Waals surface area contributed by atoms with Crippen LogP contribution in [-0.2, 0) is 9.53 Å². The molecule has 116 valence electrons. The Bertz CT molecular complexity index is 478. The van der Waals surface area contributed by atoms with E-state index in [9.17, 15) is 9.59 Å². The number of nitrogens with one attached hydrogen (secondary N) is 2. The molecule has 0 spiro atoms. The summed E-state index contributed by atoms with van der Waals surface area (Å²) in [7, 11) is 0. The first-order chi connectivity index (χ1) is 9.99. The Morgan fingerprint density at radius 3 is 2.71 bits per heavy atom. The molecule has 21 heavy (non-hydrogen) atoms. The third kappa shape index (κ3) is 7.68. The lowest BCUT2D eigenvalue weighted by atomic mass is 10.2. The lowest BCUT2D eigenvalue weighted by Crippen LogP contribution is -2.37. The molecule has 0 fully saturated rings. The van der Waals surface area contributed by atoms with Gasteiger partial charge in [-0.2, -0.15) is 0 Å². The topological polar surface area (TPSA) is 67.4 Å². The fourth-order valence-corrected chi connectivity index (χ4v) is 1.76. The molecular weight excluding hydrogens is 292 g/mol. The first-order valence-corrected chi connectivity index (χ1v) is 7.29. The maximum Gasteiger partial charge on any atom is 0.251 e. The number of carbonyl (C=O) groups excluding carboxylic acids is 2. The first-order valence-electron chi connectivity index (χ1n) is 6.91. The third-order valence-electron chi connectivity index (χ3n) is 2.59. The molecule has 1 rings (SSSR count). The number of amides is 2. The highest BCUT2D eigenvalue weighted by molar-refractivity contribution is 6.30. The third-order valence-corrected chi connectivity index (χ3v) is 2.83. The standard InChI is InChI=1S/C15H21ClN2O3/c1-11(2)21-8-4-7-17-14(19)10-18-15(20)12-5-3-6-13(16)9-12/h3,5-6,9,11H,4,7-8,10H2,1-2H3,(H,17,19)(H,18,20). The van der Waals surface area contributed by atoms with Crippen molar-refractivity contribution in [3.63, 3.8) is 0 Å². The summed E-state index contributed by atoms with van der Waals surface area (Å²) in [5.41, 5.74) is 0.431. The molecule has 6 heteroatoms. The number of rotatable bonds is 8. The van der Waals surface area contributed by atoms with E-state index in [2.05, 4.69) is 10.6 Å². The van der Waals surface area contributed by atoms with Crippen LogP contribution in [0.15, 0.2) is 24.3 Å². The molecule has 0 unspecified atom stereocenters. The summed E-state index contributed by atoms with van der Waals surface area (Å²) in [6.45, 7) is 5.00. The number of halogens is 1. The van der Waals surface area contributed by atoms with Crippen molar-refractivity contribution in [2.24, 2.45) is 0 Å². The number of carbonyl (C=O) groups is 2. The van der Waals surface area contributed by atoms with Gasteiger partial charge in [-0.15, -0.1) is 0 Å². The van der Waals surface area contributed by atoms with Gasteiger partial charge >= 0.3 is 0 Å². The molecule has 5 nitrogen and oxygen atoms in total. The molecule has 0 aliphatic rings. The zero-order valence-electron chi connectivity index (χ0n) is 12.3. The Kier molecular flexibility index (Phi) is 7.79. The molecule has 0 aliphatic carbocycles. The second kappa shape index (κ2) is 9.37. The van der Waals surface area contributed by atoms with Gasteiger partial charge in [-0.3, -0.25) is 9.59 Å². The van der Waals surface area contributed by atoms with E-state index in [1.807, 2.05) is 13.8 Å². The van der Waals surface area contributed by atoms with Crippen molar-refractivity contribution >= 4 is 23.4 Å². The zero-order valence-corrected chi connectivity index (χ0v) is 13.1. The predicted molar refractivity (Wildman–Crippen MR) is 82.5 cm³/mol. The van der Waals surface area contributed by atoms with Crippen molar-refractivity contribution in [2.75, 3.05) is 19.7 Å². The van der Waals surface area contributed by atoms with E-state index in [4.69, 9.17) is 16.3 Å².